The lowest BCUT2D eigenvalue weighted by Gasteiger charge is -2.30. The van der Waals surface area contributed by atoms with Crippen molar-refractivity contribution >= 4 is 11.6 Å². The van der Waals surface area contributed by atoms with Crippen LogP contribution in [0.25, 0.3) is 0 Å². The van der Waals surface area contributed by atoms with E-state index in [1.165, 1.54) is 22.3 Å². The number of amides is 1. The number of hydrogen-bond donors (Lipinski definition) is 1. The molecular weight excluding hydrogens is 352 g/mol. The second-order valence-electron chi connectivity index (χ2n) is 7.49. The number of rotatable bonds is 6. The van der Waals surface area contributed by atoms with E-state index in [0.717, 1.165) is 30.0 Å². The molecule has 5 heteroatoms. The minimum atomic E-state index is 0.176. The fourth-order valence-electron chi connectivity index (χ4n) is 4.01. The first-order valence-corrected chi connectivity index (χ1v) is 9.76. The molecular formula is C23H30N2O3. The molecule has 1 N–H and O–H groups in total. The van der Waals surface area contributed by atoms with Crippen molar-refractivity contribution in [2.45, 2.75) is 40.2 Å². The van der Waals surface area contributed by atoms with Gasteiger partial charge in [-0.15, -0.1) is 0 Å². The van der Waals surface area contributed by atoms with Gasteiger partial charge in [0.25, 0.3) is 0 Å². The van der Waals surface area contributed by atoms with Crippen LogP contribution < -0.4 is 14.8 Å². The fourth-order valence-corrected chi connectivity index (χ4v) is 4.01. The number of methoxy groups -OCH3 is 2. The first-order valence-electron chi connectivity index (χ1n) is 9.76. The lowest BCUT2D eigenvalue weighted by Crippen LogP contribution is -2.36. The van der Waals surface area contributed by atoms with E-state index in [0.29, 0.717) is 25.3 Å². The molecule has 0 radical (unpaired) electrons. The standard InChI is InChI=1S/C23H30N2O3/c1-15-10-16(2)23(17(3)11-15)24-8-6-22(26)25-9-7-18-12-20(27-4)21(28-5)13-19(18)14-25/h10-13,24H,6-9,14H2,1-5H3. The first kappa shape index (κ1) is 20.1. The van der Waals surface area contributed by atoms with Gasteiger partial charge in [-0.3, -0.25) is 4.79 Å². The molecule has 0 saturated carbocycles. The highest BCUT2D eigenvalue weighted by molar-refractivity contribution is 5.77. The van der Waals surface area contributed by atoms with Crippen LogP contribution >= 0.6 is 0 Å². The number of ether oxygens (including phenoxy) is 2. The van der Waals surface area contributed by atoms with Crippen molar-refractivity contribution in [3.63, 3.8) is 0 Å². The molecule has 0 aromatic heterocycles. The van der Waals surface area contributed by atoms with Crippen molar-refractivity contribution in [3.05, 3.63) is 52.1 Å². The second-order valence-corrected chi connectivity index (χ2v) is 7.49. The van der Waals surface area contributed by atoms with Crippen molar-refractivity contribution in [1.29, 1.82) is 0 Å². The molecule has 2 aromatic rings. The highest BCUT2D eigenvalue weighted by Gasteiger charge is 2.22. The van der Waals surface area contributed by atoms with Crippen LogP contribution in [0, 0.1) is 20.8 Å². The van der Waals surface area contributed by atoms with E-state index >= 15 is 0 Å². The molecule has 1 amide bonds. The molecule has 3 rings (SSSR count). The van der Waals surface area contributed by atoms with Gasteiger partial charge < -0.3 is 19.7 Å². The summed E-state index contributed by atoms with van der Waals surface area (Å²) in [5.74, 6) is 1.63. The molecule has 1 heterocycles. The van der Waals surface area contributed by atoms with Crippen LogP contribution in [0.5, 0.6) is 11.5 Å². The van der Waals surface area contributed by atoms with E-state index in [9.17, 15) is 4.79 Å². The second kappa shape index (κ2) is 8.55. The third-order valence-electron chi connectivity index (χ3n) is 5.39. The van der Waals surface area contributed by atoms with Gasteiger partial charge in [0.05, 0.1) is 14.2 Å². The molecule has 0 aliphatic carbocycles. The van der Waals surface area contributed by atoms with Gasteiger partial charge >= 0.3 is 0 Å². The van der Waals surface area contributed by atoms with Crippen molar-refractivity contribution in [3.8, 4) is 11.5 Å². The maximum atomic E-state index is 12.7. The van der Waals surface area contributed by atoms with E-state index < -0.39 is 0 Å². The van der Waals surface area contributed by atoms with Crippen LogP contribution in [-0.4, -0.2) is 38.1 Å². The monoisotopic (exact) mass is 382 g/mol. The van der Waals surface area contributed by atoms with Crippen LogP contribution in [0.3, 0.4) is 0 Å². The largest absolute Gasteiger partial charge is 0.493 e. The Kier molecular flexibility index (Phi) is 6.12. The van der Waals surface area contributed by atoms with Crippen molar-refractivity contribution in [2.75, 3.05) is 32.6 Å². The zero-order valence-corrected chi connectivity index (χ0v) is 17.5. The number of hydrogen-bond acceptors (Lipinski definition) is 4. The lowest BCUT2D eigenvalue weighted by molar-refractivity contribution is -0.131. The minimum Gasteiger partial charge on any atom is -0.493 e. The maximum Gasteiger partial charge on any atom is 0.224 e. The number of aryl methyl sites for hydroxylation is 3. The summed E-state index contributed by atoms with van der Waals surface area (Å²) in [7, 11) is 3.28. The molecule has 1 aliphatic heterocycles. The number of nitrogens with one attached hydrogen (secondary N) is 1. The minimum absolute atomic E-state index is 0.176. The maximum absolute atomic E-state index is 12.7. The molecule has 0 atom stereocenters. The summed E-state index contributed by atoms with van der Waals surface area (Å²) in [4.78, 5) is 14.7. The Morgan fingerprint density at radius 3 is 2.21 bits per heavy atom. The van der Waals surface area contributed by atoms with Gasteiger partial charge in [0.1, 0.15) is 0 Å². The van der Waals surface area contributed by atoms with Crippen LogP contribution in [0.4, 0.5) is 5.69 Å². The predicted molar refractivity (Wildman–Crippen MR) is 112 cm³/mol. The smallest absolute Gasteiger partial charge is 0.224 e. The Hall–Kier alpha value is -2.69. The Morgan fingerprint density at radius 1 is 1.00 bits per heavy atom. The van der Waals surface area contributed by atoms with E-state index in [1.54, 1.807) is 14.2 Å². The number of benzene rings is 2. The summed E-state index contributed by atoms with van der Waals surface area (Å²) < 4.78 is 10.8. The van der Waals surface area contributed by atoms with Crippen molar-refractivity contribution < 1.29 is 14.3 Å². The van der Waals surface area contributed by atoms with Gasteiger partial charge in [0.2, 0.25) is 5.91 Å². The third kappa shape index (κ3) is 4.24. The molecule has 0 fully saturated rings. The molecule has 0 saturated heterocycles. The van der Waals surface area contributed by atoms with Crippen LogP contribution in [0.15, 0.2) is 24.3 Å². The molecule has 1 aliphatic rings. The number of carbonyl (C=O) groups is 1. The average Bonchev–Trinajstić information content (AvgIpc) is 2.68. The first-order chi connectivity index (χ1) is 13.4. The fraction of sp³-hybridized carbons (Fsp3) is 0.435. The van der Waals surface area contributed by atoms with E-state index in [1.807, 2.05) is 17.0 Å². The average molecular weight is 383 g/mol. The van der Waals surface area contributed by atoms with Gasteiger partial charge in [-0.05, 0) is 61.6 Å². The van der Waals surface area contributed by atoms with E-state index in [4.69, 9.17) is 9.47 Å². The lowest BCUT2D eigenvalue weighted by atomic mass is 9.98. The summed E-state index contributed by atoms with van der Waals surface area (Å²) in [6, 6.07) is 8.35. The van der Waals surface area contributed by atoms with Gasteiger partial charge in [-0.25, -0.2) is 0 Å². The Bertz CT molecular complexity index is 853. The Balaban J connectivity index is 1.61. The SMILES string of the molecule is COc1cc2c(cc1OC)CN(C(=O)CCNc1c(C)cc(C)cc1C)CC2. The van der Waals surface area contributed by atoms with E-state index in [2.05, 4.69) is 38.2 Å². The van der Waals surface area contributed by atoms with Crippen molar-refractivity contribution in [1.82, 2.24) is 4.90 Å². The molecule has 2 aromatic carbocycles. The summed E-state index contributed by atoms with van der Waals surface area (Å²) in [5.41, 5.74) is 7.20. The molecule has 5 nitrogen and oxygen atoms in total. The molecule has 28 heavy (non-hydrogen) atoms. The number of anilines is 1. The van der Waals surface area contributed by atoms with Gasteiger partial charge in [-0.2, -0.15) is 0 Å². The highest BCUT2D eigenvalue weighted by atomic mass is 16.5. The zero-order valence-electron chi connectivity index (χ0n) is 17.5. The molecule has 150 valence electrons. The topological polar surface area (TPSA) is 50.8 Å². The molecule has 0 bridgehead atoms. The predicted octanol–water partition coefficient (Wildman–Crippen LogP) is 4.02. The normalized spacial score (nSPS) is 13.1. The van der Waals surface area contributed by atoms with Crippen LogP contribution in [0.2, 0.25) is 0 Å². The van der Waals surface area contributed by atoms with Gasteiger partial charge in [0.15, 0.2) is 11.5 Å². The Labute approximate surface area is 167 Å². The molecule has 0 spiro atoms. The van der Waals surface area contributed by atoms with E-state index in [-0.39, 0.29) is 5.91 Å². The highest BCUT2D eigenvalue weighted by Crippen LogP contribution is 2.33. The summed E-state index contributed by atoms with van der Waals surface area (Å²) in [6.45, 7) is 8.31. The van der Waals surface area contributed by atoms with Gasteiger partial charge in [0, 0.05) is 31.7 Å². The summed E-state index contributed by atoms with van der Waals surface area (Å²) in [5, 5.41) is 3.45. The number of nitrogens with zero attached hydrogens (tertiary/aromatic N) is 1. The van der Waals surface area contributed by atoms with Crippen molar-refractivity contribution in [2.24, 2.45) is 0 Å². The Morgan fingerprint density at radius 2 is 1.61 bits per heavy atom. The van der Waals surface area contributed by atoms with Gasteiger partial charge in [-0.1, -0.05) is 17.7 Å². The summed E-state index contributed by atoms with van der Waals surface area (Å²) >= 11 is 0. The molecule has 0 unspecified atom stereocenters. The summed E-state index contributed by atoms with van der Waals surface area (Å²) in [6.07, 6.45) is 1.32. The van der Waals surface area contributed by atoms with Crippen LogP contribution in [0.1, 0.15) is 34.2 Å². The zero-order chi connectivity index (χ0) is 20.3. The quantitative estimate of drug-likeness (QED) is 0.820. The van der Waals surface area contributed by atoms with Crippen LogP contribution in [-0.2, 0) is 17.8 Å². The number of fused-ring (bicyclic) bond motifs is 1. The third-order valence-corrected chi connectivity index (χ3v) is 5.39. The number of carbonyl (C=O) groups excluding carboxylic acids is 1.